The van der Waals surface area contributed by atoms with Crippen LogP contribution >= 0.6 is 23.1 Å². The molecule has 1 aliphatic rings. The number of carbonyl (C=O) groups is 2. The number of nitrogens with one attached hydrogen (secondary N) is 1. The highest BCUT2D eigenvalue weighted by molar-refractivity contribution is 8.00. The molecule has 0 spiro atoms. The van der Waals surface area contributed by atoms with E-state index < -0.39 is 0 Å². The second-order valence-corrected chi connectivity index (χ2v) is 12.9. The molecule has 9 heteroatoms. The summed E-state index contributed by atoms with van der Waals surface area (Å²) >= 11 is 3.31. The highest BCUT2D eigenvalue weighted by Gasteiger charge is 2.40. The number of rotatable bonds is 7. The molecular weight excluding hydrogens is 502 g/mol. The molecule has 4 rings (SSSR count). The zero-order valence-electron chi connectivity index (χ0n) is 22.8. The maximum Gasteiger partial charge on any atom is 0.240 e. The average Bonchev–Trinajstić information content (AvgIpc) is 3.45. The molecule has 3 aromatic rings. The van der Waals surface area contributed by atoms with Gasteiger partial charge < -0.3 is 10.2 Å². The predicted molar refractivity (Wildman–Crippen MR) is 154 cm³/mol. The van der Waals surface area contributed by atoms with Gasteiger partial charge in [0, 0.05) is 28.9 Å². The summed E-state index contributed by atoms with van der Waals surface area (Å²) in [4.78, 5) is 31.6. The Morgan fingerprint density at radius 2 is 1.95 bits per heavy atom. The number of aryl methyl sites for hydroxylation is 1. The Morgan fingerprint density at radius 3 is 2.59 bits per heavy atom. The van der Waals surface area contributed by atoms with E-state index in [2.05, 4.69) is 63.5 Å². The van der Waals surface area contributed by atoms with E-state index in [1.165, 1.54) is 4.88 Å². The Bertz CT molecular complexity index is 1270. The Balaban J connectivity index is 1.93. The van der Waals surface area contributed by atoms with Gasteiger partial charge in [-0.1, -0.05) is 39.0 Å². The van der Waals surface area contributed by atoms with Crippen LogP contribution < -0.4 is 10.2 Å². The number of carbonyl (C=O) groups excluding carboxylic acids is 2. The molecule has 0 bridgehead atoms. The van der Waals surface area contributed by atoms with E-state index in [0.717, 1.165) is 34.6 Å². The lowest BCUT2D eigenvalue weighted by Gasteiger charge is -2.24. The van der Waals surface area contributed by atoms with Crippen LogP contribution in [0.25, 0.3) is 5.69 Å². The van der Waals surface area contributed by atoms with Crippen molar-refractivity contribution >= 4 is 40.7 Å². The molecule has 2 amide bonds. The number of amides is 2. The van der Waals surface area contributed by atoms with Gasteiger partial charge in [-0.15, -0.1) is 23.1 Å². The standard InChI is InChI=1S/C28H37N5O2S2/c1-18-10-8-11-20(19(18)2)33-27-24(26(30-33)28(3,4)5)25(21-12-9-15-36-21)37-17-23(35)32(27)16-22(34)29-13-14-31(6)7/h8-12,15,25H,13-14,16-17H2,1-7H3,(H,29,34). The van der Waals surface area contributed by atoms with Crippen molar-refractivity contribution in [2.45, 2.75) is 45.3 Å². The number of hydrogen-bond acceptors (Lipinski definition) is 6. The van der Waals surface area contributed by atoms with Crippen LogP contribution in [0.1, 0.15) is 53.3 Å². The number of thioether (sulfide) groups is 1. The number of benzene rings is 1. The highest BCUT2D eigenvalue weighted by Crippen LogP contribution is 2.49. The van der Waals surface area contributed by atoms with Crippen LogP contribution in [0, 0.1) is 13.8 Å². The summed E-state index contributed by atoms with van der Waals surface area (Å²) in [5.41, 5.74) is 4.87. The lowest BCUT2D eigenvalue weighted by Crippen LogP contribution is -2.43. The largest absolute Gasteiger partial charge is 0.353 e. The number of thiophene rings is 1. The third-order valence-electron chi connectivity index (χ3n) is 6.59. The van der Waals surface area contributed by atoms with Gasteiger partial charge in [0.25, 0.3) is 0 Å². The van der Waals surface area contributed by atoms with Crippen molar-refractivity contribution in [2.24, 2.45) is 0 Å². The van der Waals surface area contributed by atoms with Gasteiger partial charge in [-0.3, -0.25) is 14.5 Å². The quantitative estimate of drug-likeness (QED) is 0.472. The van der Waals surface area contributed by atoms with Crippen molar-refractivity contribution in [3.05, 3.63) is 63.0 Å². The van der Waals surface area contributed by atoms with Gasteiger partial charge in [0.1, 0.15) is 12.4 Å². The van der Waals surface area contributed by atoms with Crippen LogP contribution in [0.2, 0.25) is 0 Å². The van der Waals surface area contributed by atoms with Crippen molar-refractivity contribution < 1.29 is 9.59 Å². The number of anilines is 1. The van der Waals surface area contributed by atoms with Gasteiger partial charge in [0.05, 0.1) is 22.4 Å². The summed E-state index contributed by atoms with van der Waals surface area (Å²) < 4.78 is 1.91. The van der Waals surface area contributed by atoms with E-state index in [1.807, 2.05) is 35.8 Å². The Kier molecular flexibility index (Phi) is 8.16. The maximum absolute atomic E-state index is 13.7. The van der Waals surface area contributed by atoms with Crippen molar-refractivity contribution in [3.8, 4) is 5.69 Å². The monoisotopic (exact) mass is 539 g/mol. The molecule has 198 valence electrons. The number of hydrogen-bond donors (Lipinski definition) is 1. The molecule has 37 heavy (non-hydrogen) atoms. The minimum atomic E-state index is -0.268. The second-order valence-electron chi connectivity index (χ2n) is 10.8. The Labute approximate surface area is 228 Å². The smallest absolute Gasteiger partial charge is 0.240 e. The SMILES string of the molecule is Cc1cccc(-n2nc(C(C)(C)C)c3c2N(CC(=O)NCCN(C)C)C(=O)CSC3c2cccs2)c1C. The van der Waals surface area contributed by atoms with Crippen molar-refractivity contribution in [3.63, 3.8) is 0 Å². The molecule has 2 aromatic heterocycles. The molecule has 0 aliphatic carbocycles. The minimum absolute atomic E-state index is 0.0445. The first-order valence-electron chi connectivity index (χ1n) is 12.6. The number of fused-ring (bicyclic) bond motifs is 1. The molecule has 7 nitrogen and oxygen atoms in total. The van der Waals surface area contributed by atoms with Crippen molar-refractivity contribution in [2.75, 3.05) is 44.4 Å². The lowest BCUT2D eigenvalue weighted by molar-refractivity contribution is -0.122. The third-order valence-corrected chi connectivity index (χ3v) is 8.91. The van der Waals surface area contributed by atoms with Crippen molar-refractivity contribution in [1.82, 2.24) is 20.0 Å². The van der Waals surface area contributed by atoms with Crippen LogP contribution in [0.4, 0.5) is 5.82 Å². The van der Waals surface area contributed by atoms with E-state index in [-0.39, 0.29) is 29.0 Å². The van der Waals surface area contributed by atoms with E-state index in [9.17, 15) is 9.59 Å². The molecule has 1 N–H and O–H groups in total. The van der Waals surface area contributed by atoms with Crippen LogP contribution in [0.15, 0.2) is 35.7 Å². The first-order chi connectivity index (χ1) is 17.5. The Morgan fingerprint density at radius 1 is 1.19 bits per heavy atom. The second kappa shape index (κ2) is 11.0. The van der Waals surface area contributed by atoms with E-state index in [0.29, 0.717) is 18.1 Å². The third kappa shape index (κ3) is 5.78. The lowest BCUT2D eigenvalue weighted by atomic mass is 9.88. The van der Waals surface area contributed by atoms with Crippen LogP contribution in [-0.2, 0) is 15.0 Å². The van der Waals surface area contributed by atoms with Gasteiger partial charge in [0.2, 0.25) is 11.8 Å². The van der Waals surface area contributed by atoms with E-state index in [1.54, 1.807) is 28.0 Å². The first kappa shape index (κ1) is 27.4. The van der Waals surface area contributed by atoms with Gasteiger partial charge in [-0.25, -0.2) is 4.68 Å². The molecule has 1 aromatic carbocycles. The maximum atomic E-state index is 13.7. The topological polar surface area (TPSA) is 70.5 Å². The molecule has 0 saturated heterocycles. The van der Waals surface area contributed by atoms with Gasteiger partial charge >= 0.3 is 0 Å². The molecule has 0 saturated carbocycles. The minimum Gasteiger partial charge on any atom is -0.353 e. The van der Waals surface area contributed by atoms with Gasteiger partial charge in [-0.05, 0) is 56.6 Å². The first-order valence-corrected chi connectivity index (χ1v) is 14.5. The number of nitrogens with zero attached hydrogens (tertiary/aromatic N) is 4. The summed E-state index contributed by atoms with van der Waals surface area (Å²) in [6, 6.07) is 10.3. The highest BCUT2D eigenvalue weighted by atomic mass is 32.2. The van der Waals surface area contributed by atoms with E-state index >= 15 is 0 Å². The number of likely N-dealkylation sites (N-methyl/N-ethyl adjacent to an activating group) is 1. The van der Waals surface area contributed by atoms with Crippen molar-refractivity contribution in [1.29, 1.82) is 0 Å². The fraction of sp³-hybridized carbons (Fsp3) is 0.464. The van der Waals surface area contributed by atoms with Gasteiger partial charge in [-0.2, -0.15) is 5.10 Å². The normalized spacial score (nSPS) is 16.2. The summed E-state index contributed by atoms with van der Waals surface area (Å²) in [7, 11) is 3.94. The summed E-state index contributed by atoms with van der Waals surface area (Å²) in [6.45, 7) is 11.8. The molecule has 1 unspecified atom stereocenters. The van der Waals surface area contributed by atoms with Crippen LogP contribution in [-0.4, -0.2) is 66.0 Å². The molecule has 1 atom stereocenters. The molecule has 3 heterocycles. The van der Waals surface area contributed by atoms with Crippen LogP contribution in [0.3, 0.4) is 0 Å². The number of aromatic nitrogens is 2. The molecular formula is C28H37N5O2S2. The molecule has 0 radical (unpaired) electrons. The summed E-state index contributed by atoms with van der Waals surface area (Å²) in [6.07, 6.45) is 0. The van der Waals surface area contributed by atoms with Crippen LogP contribution in [0.5, 0.6) is 0 Å². The summed E-state index contributed by atoms with van der Waals surface area (Å²) in [5.74, 6) is 0.736. The van der Waals surface area contributed by atoms with E-state index in [4.69, 9.17) is 5.10 Å². The Hall–Kier alpha value is -2.62. The molecule has 1 aliphatic heterocycles. The zero-order valence-corrected chi connectivity index (χ0v) is 24.4. The average molecular weight is 540 g/mol. The molecule has 0 fully saturated rings. The zero-order chi connectivity index (χ0) is 26.9. The summed E-state index contributed by atoms with van der Waals surface area (Å²) in [5, 5.41) is 10.2. The fourth-order valence-electron chi connectivity index (χ4n) is 4.49. The predicted octanol–water partition coefficient (Wildman–Crippen LogP) is 4.70. The fourth-order valence-corrected chi connectivity index (χ4v) is 6.67. The van der Waals surface area contributed by atoms with Gasteiger partial charge in [0.15, 0.2) is 0 Å².